The predicted octanol–water partition coefficient (Wildman–Crippen LogP) is 3.48. The van der Waals surface area contributed by atoms with Gasteiger partial charge in [-0.25, -0.2) is 8.78 Å². The molecule has 5 heteroatoms. The Kier molecular flexibility index (Phi) is 7.16. The maximum absolute atomic E-state index is 13.3. The van der Waals surface area contributed by atoms with Crippen LogP contribution in [0, 0.1) is 17.6 Å². The Morgan fingerprint density at radius 2 is 2.00 bits per heavy atom. The number of carbonyl (C=O) groups excluding carboxylic acids is 1. The Morgan fingerprint density at radius 1 is 1.25 bits per heavy atom. The largest absolute Gasteiger partial charge is 0.341 e. The average Bonchev–Trinajstić information content (AvgIpc) is 2.60. The second-order valence-corrected chi connectivity index (χ2v) is 6.60. The van der Waals surface area contributed by atoms with E-state index in [1.807, 2.05) is 4.90 Å². The molecule has 1 aliphatic heterocycles. The normalized spacial score (nSPS) is 18.2. The Morgan fingerprint density at radius 3 is 2.67 bits per heavy atom. The smallest absolute Gasteiger partial charge is 0.236 e. The summed E-state index contributed by atoms with van der Waals surface area (Å²) in [5, 5.41) is 0. The van der Waals surface area contributed by atoms with Crippen LogP contribution in [0.4, 0.5) is 8.78 Å². The monoisotopic (exact) mass is 338 g/mol. The van der Waals surface area contributed by atoms with Crippen LogP contribution in [0.3, 0.4) is 0 Å². The van der Waals surface area contributed by atoms with Crippen LogP contribution in [0.25, 0.3) is 0 Å². The predicted molar refractivity (Wildman–Crippen MR) is 91.8 cm³/mol. The third kappa shape index (κ3) is 5.26. The molecular weight excluding hydrogens is 310 g/mol. The van der Waals surface area contributed by atoms with Gasteiger partial charge >= 0.3 is 0 Å². The van der Waals surface area contributed by atoms with Gasteiger partial charge in [0.15, 0.2) is 11.6 Å². The van der Waals surface area contributed by atoms with Gasteiger partial charge in [0.2, 0.25) is 5.91 Å². The number of amides is 1. The van der Waals surface area contributed by atoms with Gasteiger partial charge in [-0.15, -0.1) is 0 Å². The van der Waals surface area contributed by atoms with Gasteiger partial charge in [0.25, 0.3) is 0 Å². The number of rotatable bonds is 7. The minimum atomic E-state index is -0.801. The van der Waals surface area contributed by atoms with E-state index in [-0.39, 0.29) is 5.91 Å². The topological polar surface area (TPSA) is 23.6 Å². The highest BCUT2D eigenvalue weighted by atomic mass is 19.2. The Labute approximate surface area is 143 Å². The highest BCUT2D eigenvalue weighted by molar-refractivity contribution is 5.78. The summed E-state index contributed by atoms with van der Waals surface area (Å²) in [6, 6.07) is 4.11. The number of likely N-dealkylation sites (tertiary alicyclic amines) is 1. The molecule has 0 spiro atoms. The highest BCUT2D eigenvalue weighted by Crippen LogP contribution is 2.22. The first kappa shape index (κ1) is 18.8. The number of halogens is 2. The molecule has 134 valence electrons. The van der Waals surface area contributed by atoms with E-state index < -0.39 is 11.6 Å². The SMILES string of the molecule is CCN(CC)CC(=O)N1CCC[C@H](CCc2ccc(F)c(F)c2)C1. The van der Waals surface area contributed by atoms with Crippen molar-refractivity contribution in [1.82, 2.24) is 9.80 Å². The van der Waals surface area contributed by atoms with Crippen LogP contribution in [-0.4, -0.2) is 48.4 Å². The summed E-state index contributed by atoms with van der Waals surface area (Å²) in [4.78, 5) is 16.5. The number of hydrogen-bond donors (Lipinski definition) is 0. The van der Waals surface area contributed by atoms with Gasteiger partial charge in [-0.3, -0.25) is 9.69 Å². The van der Waals surface area contributed by atoms with Crippen molar-refractivity contribution in [2.45, 2.75) is 39.5 Å². The zero-order valence-corrected chi connectivity index (χ0v) is 14.7. The minimum absolute atomic E-state index is 0.205. The molecule has 2 rings (SSSR count). The second kappa shape index (κ2) is 9.11. The maximum Gasteiger partial charge on any atom is 0.236 e. The fourth-order valence-corrected chi connectivity index (χ4v) is 3.33. The fraction of sp³-hybridized carbons (Fsp3) is 0.632. The molecule has 1 heterocycles. The van der Waals surface area contributed by atoms with Gasteiger partial charge in [0, 0.05) is 13.1 Å². The van der Waals surface area contributed by atoms with Crippen LogP contribution in [0.5, 0.6) is 0 Å². The van der Waals surface area contributed by atoms with Crippen molar-refractivity contribution in [3.8, 4) is 0 Å². The van der Waals surface area contributed by atoms with E-state index in [0.29, 0.717) is 12.5 Å². The Hall–Kier alpha value is -1.49. The van der Waals surface area contributed by atoms with E-state index in [2.05, 4.69) is 18.7 Å². The maximum atomic E-state index is 13.3. The number of benzene rings is 1. The molecule has 0 radical (unpaired) electrons. The molecular formula is C19H28F2N2O. The molecule has 3 nitrogen and oxygen atoms in total. The fourth-order valence-electron chi connectivity index (χ4n) is 3.33. The molecule has 0 bridgehead atoms. The first-order valence-electron chi connectivity index (χ1n) is 8.97. The van der Waals surface area contributed by atoms with Gasteiger partial charge in [-0.05, 0) is 62.4 Å². The van der Waals surface area contributed by atoms with Crippen LogP contribution in [0.2, 0.25) is 0 Å². The van der Waals surface area contributed by atoms with Crippen molar-refractivity contribution in [3.05, 3.63) is 35.4 Å². The van der Waals surface area contributed by atoms with E-state index in [4.69, 9.17) is 0 Å². The first-order valence-corrected chi connectivity index (χ1v) is 8.97. The van der Waals surface area contributed by atoms with Crippen LogP contribution in [0.1, 0.15) is 38.7 Å². The first-order chi connectivity index (χ1) is 11.5. The van der Waals surface area contributed by atoms with Crippen molar-refractivity contribution in [3.63, 3.8) is 0 Å². The number of piperidine rings is 1. The van der Waals surface area contributed by atoms with E-state index in [9.17, 15) is 13.6 Å². The van der Waals surface area contributed by atoms with Crippen LogP contribution < -0.4 is 0 Å². The van der Waals surface area contributed by atoms with Crippen molar-refractivity contribution < 1.29 is 13.6 Å². The second-order valence-electron chi connectivity index (χ2n) is 6.60. The van der Waals surface area contributed by atoms with Crippen molar-refractivity contribution in [2.75, 3.05) is 32.7 Å². The molecule has 1 aliphatic rings. The lowest BCUT2D eigenvalue weighted by Crippen LogP contribution is -2.45. The lowest BCUT2D eigenvalue weighted by atomic mass is 9.91. The van der Waals surface area contributed by atoms with E-state index in [1.165, 1.54) is 12.1 Å². The zero-order chi connectivity index (χ0) is 17.5. The van der Waals surface area contributed by atoms with Crippen LogP contribution in [-0.2, 0) is 11.2 Å². The Balaban J connectivity index is 1.84. The van der Waals surface area contributed by atoms with Gasteiger partial charge in [0.1, 0.15) is 0 Å². The van der Waals surface area contributed by atoms with Crippen molar-refractivity contribution >= 4 is 5.91 Å². The third-order valence-electron chi connectivity index (χ3n) is 4.95. The Bertz CT molecular complexity index is 546. The minimum Gasteiger partial charge on any atom is -0.341 e. The molecule has 1 aromatic carbocycles. The number of carbonyl (C=O) groups is 1. The molecule has 0 saturated carbocycles. The molecule has 0 N–H and O–H groups in total. The number of hydrogen-bond acceptors (Lipinski definition) is 2. The highest BCUT2D eigenvalue weighted by Gasteiger charge is 2.24. The summed E-state index contributed by atoms with van der Waals surface area (Å²) in [5.74, 6) is -0.944. The van der Waals surface area contributed by atoms with E-state index in [0.717, 1.165) is 57.4 Å². The summed E-state index contributed by atoms with van der Waals surface area (Å²) in [7, 11) is 0. The molecule has 0 unspecified atom stereocenters. The lowest BCUT2D eigenvalue weighted by molar-refractivity contribution is -0.134. The van der Waals surface area contributed by atoms with E-state index in [1.54, 1.807) is 6.07 Å². The molecule has 1 atom stereocenters. The molecule has 1 aromatic rings. The van der Waals surface area contributed by atoms with E-state index >= 15 is 0 Å². The molecule has 24 heavy (non-hydrogen) atoms. The summed E-state index contributed by atoms with van der Waals surface area (Å²) >= 11 is 0. The number of likely N-dealkylation sites (N-methyl/N-ethyl adjacent to an activating group) is 1. The molecule has 1 fully saturated rings. The van der Waals surface area contributed by atoms with Crippen LogP contribution >= 0.6 is 0 Å². The van der Waals surface area contributed by atoms with Gasteiger partial charge < -0.3 is 4.90 Å². The van der Waals surface area contributed by atoms with Crippen LogP contribution in [0.15, 0.2) is 18.2 Å². The number of aryl methyl sites for hydroxylation is 1. The van der Waals surface area contributed by atoms with Gasteiger partial charge in [-0.2, -0.15) is 0 Å². The third-order valence-corrected chi connectivity index (χ3v) is 4.95. The molecule has 1 amide bonds. The van der Waals surface area contributed by atoms with Gasteiger partial charge in [-0.1, -0.05) is 19.9 Å². The number of nitrogens with zero attached hydrogens (tertiary/aromatic N) is 2. The summed E-state index contributed by atoms with van der Waals surface area (Å²) in [6.07, 6.45) is 3.74. The summed E-state index contributed by atoms with van der Waals surface area (Å²) < 4.78 is 26.2. The zero-order valence-electron chi connectivity index (χ0n) is 14.7. The molecule has 0 aromatic heterocycles. The van der Waals surface area contributed by atoms with Crippen molar-refractivity contribution in [2.24, 2.45) is 5.92 Å². The summed E-state index contributed by atoms with van der Waals surface area (Å²) in [5.41, 5.74) is 0.820. The summed E-state index contributed by atoms with van der Waals surface area (Å²) in [6.45, 7) is 8.01. The standard InChI is InChI=1S/C19H28F2N2O/c1-3-22(4-2)14-19(24)23-11-5-6-16(13-23)8-7-15-9-10-17(20)18(21)12-15/h9-10,12,16H,3-8,11,13-14H2,1-2H3/t16-/m1/s1. The van der Waals surface area contributed by atoms with Gasteiger partial charge in [0.05, 0.1) is 6.54 Å². The average molecular weight is 338 g/mol. The quantitative estimate of drug-likeness (QED) is 0.760. The molecule has 0 aliphatic carbocycles. The lowest BCUT2D eigenvalue weighted by Gasteiger charge is -2.34. The van der Waals surface area contributed by atoms with Crippen molar-refractivity contribution in [1.29, 1.82) is 0 Å². The molecule has 1 saturated heterocycles.